The van der Waals surface area contributed by atoms with Gasteiger partial charge in [-0.1, -0.05) is 53.0 Å². The molecule has 0 aromatic heterocycles. The van der Waals surface area contributed by atoms with Gasteiger partial charge in [-0.3, -0.25) is 4.79 Å². The van der Waals surface area contributed by atoms with Gasteiger partial charge in [-0.15, -0.1) is 0 Å². The highest BCUT2D eigenvalue weighted by Gasteiger charge is 2.15. The molecule has 0 unspecified atom stereocenters. The number of aryl methyl sites for hydroxylation is 1. The smallest absolute Gasteiger partial charge is 0.343 e. The molecule has 0 fully saturated rings. The molecule has 33 heavy (non-hydrogen) atoms. The molecule has 3 aromatic carbocycles. The molecule has 0 saturated carbocycles. The quantitative estimate of drug-likeness (QED) is 0.200. The average molecular weight is 481 g/mol. The number of carbonyl (C=O) groups is 2. The number of hydrogen-bond acceptors (Lipinski definition) is 5. The van der Waals surface area contributed by atoms with Gasteiger partial charge < -0.3 is 14.8 Å². The van der Waals surface area contributed by atoms with E-state index in [1.165, 1.54) is 19.3 Å². The number of anilines is 1. The lowest BCUT2D eigenvalue weighted by molar-refractivity contribution is -0.112. The van der Waals surface area contributed by atoms with Crippen LogP contribution in [0.1, 0.15) is 21.5 Å². The monoisotopic (exact) mass is 480 g/mol. The Balaban J connectivity index is 1.86. The molecule has 0 radical (unpaired) electrons. The van der Waals surface area contributed by atoms with E-state index in [0.717, 1.165) is 5.56 Å². The molecule has 3 aromatic rings. The SMILES string of the molecule is COc1ccc(/C=C(\C#N)C(=O)Nc2cccc(Cl)c2Cl)cc1OC(=O)c1ccc(C)cc1. The van der Waals surface area contributed by atoms with Crippen molar-refractivity contribution in [1.82, 2.24) is 0 Å². The molecule has 1 N–H and O–H groups in total. The normalized spacial score (nSPS) is 10.8. The summed E-state index contributed by atoms with van der Waals surface area (Å²) < 4.78 is 10.8. The Morgan fingerprint density at radius 2 is 1.76 bits per heavy atom. The van der Waals surface area contributed by atoms with E-state index in [9.17, 15) is 14.9 Å². The number of hydrogen-bond donors (Lipinski definition) is 1. The van der Waals surface area contributed by atoms with Crippen LogP contribution in [0.2, 0.25) is 10.0 Å². The average Bonchev–Trinajstić information content (AvgIpc) is 2.81. The van der Waals surface area contributed by atoms with Crippen molar-refractivity contribution in [3.05, 3.63) is 93.0 Å². The van der Waals surface area contributed by atoms with Crippen LogP contribution in [0.4, 0.5) is 5.69 Å². The molecular weight excluding hydrogens is 463 g/mol. The van der Waals surface area contributed by atoms with E-state index in [2.05, 4.69) is 5.32 Å². The third kappa shape index (κ3) is 5.92. The van der Waals surface area contributed by atoms with Gasteiger partial charge in [-0.05, 0) is 55.0 Å². The molecule has 0 heterocycles. The van der Waals surface area contributed by atoms with E-state index in [1.807, 2.05) is 13.0 Å². The zero-order chi connectivity index (χ0) is 24.0. The van der Waals surface area contributed by atoms with E-state index in [4.69, 9.17) is 32.7 Å². The predicted molar refractivity (Wildman–Crippen MR) is 128 cm³/mol. The van der Waals surface area contributed by atoms with Crippen molar-refractivity contribution in [1.29, 1.82) is 5.26 Å². The van der Waals surface area contributed by atoms with Gasteiger partial charge in [0, 0.05) is 0 Å². The zero-order valence-electron chi connectivity index (χ0n) is 17.7. The van der Waals surface area contributed by atoms with E-state index in [1.54, 1.807) is 54.6 Å². The van der Waals surface area contributed by atoms with Crippen LogP contribution in [-0.2, 0) is 4.79 Å². The van der Waals surface area contributed by atoms with E-state index < -0.39 is 11.9 Å². The van der Waals surface area contributed by atoms with Crippen LogP contribution in [-0.4, -0.2) is 19.0 Å². The van der Waals surface area contributed by atoms with Crippen molar-refractivity contribution < 1.29 is 19.1 Å². The van der Waals surface area contributed by atoms with Crippen LogP contribution in [0.5, 0.6) is 11.5 Å². The van der Waals surface area contributed by atoms with Crippen molar-refractivity contribution in [3.63, 3.8) is 0 Å². The number of nitriles is 1. The summed E-state index contributed by atoms with van der Waals surface area (Å²) in [6.45, 7) is 1.91. The number of nitrogens with zero attached hydrogens (tertiary/aromatic N) is 1. The first-order valence-electron chi connectivity index (χ1n) is 9.66. The van der Waals surface area contributed by atoms with Gasteiger partial charge in [0.15, 0.2) is 11.5 Å². The number of methoxy groups -OCH3 is 1. The Bertz CT molecular complexity index is 1280. The number of benzene rings is 3. The van der Waals surface area contributed by atoms with Crippen LogP contribution in [0, 0.1) is 18.3 Å². The number of amides is 1. The minimum Gasteiger partial charge on any atom is -0.493 e. The number of nitrogens with one attached hydrogen (secondary N) is 1. The second-order valence-corrected chi connectivity index (χ2v) is 7.68. The molecule has 0 spiro atoms. The first-order chi connectivity index (χ1) is 15.8. The summed E-state index contributed by atoms with van der Waals surface area (Å²) in [5.74, 6) is -0.771. The molecule has 0 aliphatic heterocycles. The Morgan fingerprint density at radius 1 is 1.03 bits per heavy atom. The fraction of sp³-hybridized carbons (Fsp3) is 0.0800. The fourth-order valence-corrected chi connectivity index (χ4v) is 3.16. The zero-order valence-corrected chi connectivity index (χ0v) is 19.2. The molecule has 0 atom stereocenters. The van der Waals surface area contributed by atoms with Crippen LogP contribution in [0.15, 0.2) is 66.2 Å². The molecule has 0 bridgehead atoms. The molecule has 0 aliphatic carbocycles. The largest absolute Gasteiger partial charge is 0.493 e. The summed E-state index contributed by atoms with van der Waals surface area (Å²) >= 11 is 12.1. The van der Waals surface area contributed by atoms with Crippen LogP contribution in [0.25, 0.3) is 6.08 Å². The predicted octanol–water partition coefficient (Wildman–Crippen LogP) is 6.08. The number of rotatable bonds is 6. The summed E-state index contributed by atoms with van der Waals surface area (Å²) in [5, 5.41) is 12.5. The highest BCUT2D eigenvalue weighted by atomic mass is 35.5. The van der Waals surface area contributed by atoms with Gasteiger partial charge >= 0.3 is 5.97 Å². The second-order valence-electron chi connectivity index (χ2n) is 6.89. The van der Waals surface area contributed by atoms with Crippen LogP contribution in [0.3, 0.4) is 0 Å². The lowest BCUT2D eigenvalue weighted by Crippen LogP contribution is -2.14. The van der Waals surface area contributed by atoms with E-state index >= 15 is 0 Å². The number of halogens is 2. The maximum atomic E-state index is 12.6. The minimum absolute atomic E-state index is 0.146. The standard InChI is InChI=1S/C25H18Cl2N2O4/c1-15-6-9-17(10-7-15)25(31)33-22-13-16(8-11-21(22)32-2)12-18(14-28)24(30)29-20-5-3-4-19(26)23(20)27/h3-13H,1-2H3,(H,29,30)/b18-12+. The Kier molecular flexibility index (Phi) is 7.73. The third-order valence-corrected chi connectivity index (χ3v) is 5.37. The Morgan fingerprint density at radius 3 is 2.42 bits per heavy atom. The number of carbonyl (C=O) groups excluding carboxylic acids is 2. The first-order valence-corrected chi connectivity index (χ1v) is 10.4. The first kappa shape index (κ1) is 23.9. The summed E-state index contributed by atoms with van der Waals surface area (Å²) in [6.07, 6.45) is 1.36. The third-order valence-electron chi connectivity index (χ3n) is 4.55. The van der Waals surface area contributed by atoms with Crippen LogP contribution < -0.4 is 14.8 Å². The molecule has 166 valence electrons. The van der Waals surface area contributed by atoms with Crippen molar-refractivity contribution >= 4 is 46.8 Å². The van der Waals surface area contributed by atoms with Crippen molar-refractivity contribution in [3.8, 4) is 17.6 Å². The molecule has 0 saturated heterocycles. The number of esters is 1. The van der Waals surface area contributed by atoms with Crippen molar-refractivity contribution in [2.45, 2.75) is 6.92 Å². The fourth-order valence-electron chi connectivity index (χ4n) is 2.82. The highest BCUT2D eigenvalue weighted by molar-refractivity contribution is 6.44. The maximum Gasteiger partial charge on any atom is 0.343 e. The summed E-state index contributed by atoms with van der Waals surface area (Å²) in [4.78, 5) is 25.1. The lowest BCUT2D eigenvalue weighted by atomic mass is 10.1. The van der Waals surface area contributed by atoms with Crippen molar-refractivity contribution in [2.75, 3.05) is 12.4 Å². The lowest BCUT2D eigenvalue weighted by Gasteiger charge is -2.11. The van der Waals surface area contributed by atoms with E-state index in [0.29, 0.717) is 16.9 Å². The molecule has 3 rings (SSSR count). The molecule has 8 heteroatoms. The van der Waals surface area contributed by atoms with Gasteiger partial charge in [-0.2, -0.15) is 5.26 Å². The Hall–Kier alpha value is -3.79. The molecular formula is C25H18Cl2N2O4. The van der Waals surface area contributed by atoms with Gasteiger partial charge in [-0.25, -0.2) is 4.79 Å². The molecule has 6 nitrogen and oxygen atoms in total. The highest BCUT2D eigenvalue weighted by Crippen LogP contribution is 2.31. The Labute approximate surface area is 201 Å². The number of ether oxygens (including phenoxy) is 2. The van der Waals surface area contributed by atoms with Gasteiger partial charge in [0.25, 0.3) is 5.91 Å². The summed E-state index contributed by atoms with van der Waals surface area (Å²) in [6, 6.07) is 18.3. The molecule has 0 aliphatic rings. The second kappa shape index (κ2) is 10.7. The minimum atomic E-state index is -0.671. The summed E-state index contributed by atoms with van der Waals surface area (Å²) in [7, 11) is 1.44. The van der Waals surface area contributed by atoms with Crippen molar-refractivity contribution in [2.24, 2.45) is 0 Å². The molecule has 1 amide bonds. The topological polar surface area (TPSA) is 88.4 Å². The van der Waals surface area contributed by atoms with Crippen LogP contribution >= 0.6 is 23.2 Å². The van der Waals surface area contributed by atoms with Gasteiger partial charge in [0.05, 0.1) is 28.4 Å². The summed E-state index contributed by atoms with van der Waals surface area (Å²) in [5.41, 5.74) is 1.92. The van der Waals surface area contributed by atoms with E-state index in [-0.39, 0.29) is 27.1 Å². The maximum absolute atomic E-state index is 12.6. The van der Waals surface area contributed by atoms with Gasteiger partial charge in [0.1, 0.15) is 11.6 Å². The van der Waals surface area contributed by atoms with Gasteiger partial charge in [0.2, 0.25) is 0 Å².